The van der Waals surface area contributed by atoms with E-state index in [9.17, 15) is 9.59 Å². The predicted octanol–water partition coefficient (Wildman–Crippen LogP) is 6.15. The Labute approximate surface area is 231 Å². The lowest BCUT2D eigenvalue weighted by atomic mass is 10.1. The first kappa shape index (κ1) is 27.9. The number of aromatic nitrogens is 3. The first-order valence-electron chi connectivity index (χ1n) is 12.9. The van der Waals surface area contributed by atoms with Gasteiger partial charge in [-0.2, -0.15) is 0 Å². The molecule has 1 N–H and O–H groups in total. The standard InChI is InChI=1S/C28H34N4O4S2/c1-5-16-32-25(19(4)36-20-14-12-18(3)13-15-20)30-31-28(32)37-17-23(33)29-26-24(27(34)35-6-2)21-10-8-7-9-11-22(21)38-26/h5,12-15,19H,1,6-11,16-17H2,2-4H3,(H,29,33). The smallest absolute Gasteiger partial charge is 0.341 e. The number of thiophene rings is 1. The summed E-state index contributed by atoms with van der Waals surface area (Å²) in [5.41, 5.74) is 2.71. The zero-order valence-corrected chi connectivity index (χ0v) is 23.8. The molecule has 1 aliphatic carbocycles. The molecule has 0 fully saturated rings. The van der Waals surface area contributed by atoms with E-state index in [1.165, 1.54) is 28.0 Å². The number of thioether (sulfide) groups is 1. The Kier molecular flexibility index (Phi) is 9.63. The topological polar surface area (TPSA) is 95.3 Å². The fraction of sp³-hybridized carbons (Fsp3) is 0.429. The van der Waals surface area contributed by atoms with Gasteiger partial charge in [0.15, 0.2) is 17.1 Å². The Morgan fingerprint density at radius 1 is 1.21 bits per heavy atom. The molecule has 10 heteroatoms. The third kappa shape index (κ3) is 6.66. The lowest BCUT2D eigenvalue weighted by Gasteiger charge is -2.16. The molecule has 0 saturated heterocycles. The number of aryl methyl sites for hydroxylation is 2. The number of benzene rings is 1. The molecule has 2 heterocycles. The van der Waals surface area contributed by atoms with Crippen molar-refractivity contribution in [3.05, 3.63) is 64.3 Å². The number of allylic oxidation sites excluding steroid dienone is 1. The molecule has 1 unspecified atom stereocenters. The molecule has 1 aliphatic rings. The summed E-state index contributed by atoms with van der Waals surface area (Å²) in [5, 5.41) is 12.8. The second-order valence-corrected chi connectivity index (χ2v) is 11.2. The van der Waals surface area contributed by atoms with Gasteiger partial charge in [0.05, 0.1) is 17.9 Å². The third-order valence-electron chi connectivity index (χ3n) is 6.24. The lowest BCUT2D eigenvalue weighted by molar-refractivity contribution is -0.113. The molecule has 0 spiro atoms. The molecular weight excluding hydrogens is 520 g/mol. The molecule has 1 amide bonds. The minimum absolute atomic E-state index is 0.118. The Morgan fingerprint density at radius 3 is 2.71 bits per heavy atom. The van der Waals surface area contributed by atoms with Gasteiger partial charge in [0.2, 0.25) is 5.91 Å². The molecular formula is C28H34N4O4S2. The number of nitrogens with one attached hydrogen (secondary N) is 1. The number of fused-ring (bicyclic) bond motifs is 1. The molecule has 202 valence electrons. The van der Waals surface area contributed by atoms with Crippen molar-refractivity contribution in [3.63, 3.8) is 0 Å². The molecule has 0 bridgehead atoms. The van der Waals surface area contributed by atoms with E-state index in [-0.39, 0.29) is 23.7 Å². The fourth-order valence-electron chi connectivity index (χ4n) is 4.42. The largest absolute Gasteiger partial charge is 0.483 e. The second-order valence-electron chi connectivity index (χ2n) is 9.14. The quantitative estimate of drug-likeness (QED) is 0.131. The van der Waals surface area contributed by atoms with Crippen molar-refractivity contribution in [2.24, 2.45) is 0 Å². The molecule has 1 atom stereocenters. The molecule has 0 aliphatic heterocycles. The van der Waals surface area contributed by atoms with Crippen molar-refractivity contribution in [2.75, 3.05) is 17.7 Å². The van der Waals surface area contributed by atoms with Crippen LogP contribution in [0.4, 0.5) is 5.00 Å². The van der Waals surface area contributed by atoms with Gasteiger partial charge in [-0.1, -0.05) is 42.0 Å². The number of rotatable bonds is 11. The summed E-state index contributed by atoms with van der Waals surface area (Å²) in [5.74, 6) is 0.938. The maximum absolute atomic E-state index is 13.0. The summed E-state index contributed by atoms with van der Waals surface area (Å²) < 4.78 is 13.3. The zero-order chi connectivity index (χ0) is 27.1. The molecule has 4 rings (SSSR count). The van der Waals surface area contributed by atoms with Gasteiger partial charge >= 0.3 is 5.97 Å². The van der Waals surface area contributed by atoms with Gasteiger partial charge in [-0.25, -0.2) is 4.79 Å². The third-order valence-corrected chi connectivity index (χ3v) is 8.41. The lowest BCUT2D eigenvalue weighted by Crippen LogP contribution is -2.17. The highest BCUT2D eigenvalue weighted by molar-refractivity contribution is 7.99. The van der Waals surface area contributed by atoms with Crippen molar-refractivity contribution in [3.8, 4) is 5.75 Å². The molecule has 1 aromatic carbocycles. The van der Waals surface area contributed by atoms with E-state index < -0.39 is 0 Å². The van der Waals surface area contributed by atoms with Crippen LogP contribution in [-0.4, -0.2) is 39.0 Å². The zero-order valence-electron chi connectivity index (χ0n) is 22.1. The summed E-state index contributed by atoms with van der Waals surface area (Å²) in [6.07, 6.45) is 6.44. The van der Waals surface area contributed by atoms with Crippen LogP contribution in [-0.2, 0) is 28.9 Å². The SMILES string of the molecule is C=CCn1c(SCC(=O)Nc2sc3c(c2C(=O)OCC)CCCCC3)nnc1C(C)Oc1ccc(C)cc1. The van der Waals surface area contributed by atoms with Gasteiger partial charge in [0.25, 0.3) is 0 Å². The van der Waals surface area contributed by atoms with Gasteiger partial charge in [-0.15, -0.1) is 28.1 Å². The van der Waals surface area contributed by atoms with Crippen LogP contribution in [0.2, 0.25) is 0 Å². The number of hydrogen-bond donors (Lipinski definition) is 1. The Bertz CT molecular complexity index is 1280. The summed E-state index contributed by atoms with van der Waals surface area (Å²) in [6, 6.07) is 7.84. The van der Waals surface area contributed by atoms with E-state index in [1.54, 1.807) is 13.0 Å². The summed E-state index contributed by atoms with van der Waals surface area (Å²) in [7, 11) is 0. The van der Waals surface area contributed by atoms with Crippen molar-refractivity contribution >= 4 is 40.0 Å². The predicted molar refractivity (Wildman–Crippen MR) is 151 cm³/mol. The van der Waals surface area contributed by atoms with E-state index >= 15 is 0 Å². The van der Waals surface area contributed by atoms with Crippen molar-refractivity contribution in [2.45, 2.75) is 70.7 Å². The number of esters is 1. The van der Waals surface area contributed by atoms with E-state index in [4.69, 9.17) is 9.47 Å². The normalized spacial score (nSPS) is 13.8. The van der Waals surface area contributed by atoms with Crippen molar-refractivity contribution in [1.82, 2.24) is 14.8 Å². The maximum Gasteiger partial charge on any atom is 0.341 e. The van der Waals surface area contributed by atoms with Crippen LogP contribution in [0.3, 0.4) is 0 Å². The average molecular weight is 555 g/mol. The Hall–Kier alpha value is -3.11. The number of hydrogen-bond acceptors (Lipinski definition) is 8. The van der Waals surface area contributed by atoms with Gasteiger partial charge < -0.3 is 14.8 Å². The van der Waals surface area contributed by atoms with E-state index in [0.29, 0.717) is 34.7 Å². The summed E-state index contributed by atoms with van der Waals surface area (Å²) in [4.78, 5) is 27.0. The monoisotopic (exact) mass is 554 g/mol. The number of carbonyl (C=O) groups excluding carboxylic acids is 2. The Morgan fingerprint density at radius 2 is 1.97 bits per heavy atom. The first-order chi connectivity index (χ1) is 18.4. The minimum Gasteiger partial charge on any atom is -0.483 e. The summed E-state index contributed by atoms with van der Waals surface area (Å²) >= 11 is 2.78. The molecule has 3 aromatic rings. The second kappa shape index (κ2) is 13.1. The van der Waals surface area contributed by atoms with Crippen LogP contribution in [0.5, 0.6) is 5.75 Å². The fourth-order valence-corrected chi connectivity index (χ4v) is 6.47. The first-order valence-corrected chi connectivity index (χ1v) is 14.7. The van der Waals surface area contributed by atoms with Crippen LogP contribution < -0.4 is 10.1 Å². The molecule has 0 radical (unpaired) electrons. The molecule has 2 aromatic heterocycles. The van der Waals surface area contributed by atoms with Gasteiger partial charge in [0, 0.05) is 11.4 Å². The molecule has 38 heavy (non-hydrogen) atoms. The van der Waals surface area contributed by atoms with E-state index in [0.717, 1.165) is 49.0 Å². The summed E-state index contributed by atoms with van der Waals surface area (Å²) in [6.45, 7) is 10.4. The van der Waals surface area contributed by atoms with Crippen LogP contribution in [0.1, 0.15) is 71.4 Å². The number of nitrogens with zero attached hydrogens (tertiary/aromatic N) is 3. The maximum atomic E-state index is 13.0. The Balaban J connectivity index is 1.46. The molecule has 0 saturated carbocycles. The van der Waals surface area contributed by atoms with Crippen LogP contribution in [0, 0.1) is 6.92 Å². The average Bonchev–Trinajstić information content (AvgIpc) is 3.37. The van der Waals surface area contributed by atoms with Crippen LogP contribution in [0.15, 0.2) is 42.1 Å². The molecule has 8 nitrogen and oxygen atoms in total. The number of carbonyl (C=O) groups is 2. The minimum atomic E-state index is -0.368. The number of ether oxygens (including phenoxy) is 2. The van der Waals surface area contributed by atoms with Crippen molar-refractivity contribution in [1.29, 1.82) is 0 Å². The van der Waals surface area contributed by atoms with Gasteiger partial charge in [-0.05, 0) is 64.2 Å². The van der Waals surface area contributed by atoms with Crippen molar-refractivity contribution < 1.29 is 19.1 Å². The van der Waals surface area contributed by atoms with Gasteiger partial charge in [0.1, 0.15) is 10.8 Å². The highest BCUT2D eigenvalue weighted by Gasteiger charge is 2.27. The van der Waals surface area contributed by atoms with Crippen LogP contribution >= 0.6 is 23.1 Å². The number of anilines is 1. The number of amides is 1. The van der Waals surface area contributed by atoms with E-state index in [1.807, 2.05) is 42.7 Å². The highest BCUT2D eigenvalue weighted by Crippen LogP contribution is 2.38. The van der Waals surface area contributed by atoms with Crippen LogP contribution in [0.25, 0.3) is 0 Å². The highest BCUT2D eigenvalue weighted by atomic mass is 32.2. The van der Waals surface area contributed by atoms with E-state index in [2.05, 4.69) is 22.1 Å². The van der Waals surface area contributed by atoms with Gasteiger partial charge in [-0.3, -0.25) is 9.36 Å².